The number of imide groups is 1. The maximum absolute atomic E-state index is 13.7. The highest BCUT2D eigenvalue weighted by atomic mass is 32.2. The van der Waals surface area contributed by atoms with E-state index in [0.29, 0.717) is 16.8 Å². The van der Waals surface area contributed by atoms with Crippen LogP contribution in [0.2, 0.25) is 0 Å². The molecule has 1 aliphatic heterocycles. The molecule has 0 unspecified atom stereocenters. The maximum Gasteiger partial charge on any atom is 0.325 e. The Bertz CT molecular complexity index is 1320. The number of carbonyl (C=O) groups is 3. The summed E-state index contributed by atoms with van der Waals surface area (Å²) in [4.78, 5) is 40.6. The molecule has 3 aromatic rings. The van der Waals surface area contributed by atoms with Gasteiger partial charge in [0.05, 0.1) is 18.5 Å². The molecule has 0 spiro atoms. The summed E-state index contributed by atoms with van der Waals surface area (Å²) in [6.07, 6.45) is 1.11. The maximum atomic E-state index is 13.7. The van der Waals surface area contributed by atoms with E-state index in [-0.39, 0.29) is 12.1 Å². The van der Waals surface area contributed by atoms with Gasteiger partial charge in [-0.2, -0.15) is 0 Å². The summed E-state index contributed by atoms with van der Waals surface area (Å²) in [5.74, 6) is -0.988. The van der Waals surface area contributed by atoms with Gasteiger partial charge < -0.3 is 5.32 Å². The molecule has 9 heteroatoms. The highest BCUT2D eigenvalue weighted by molar-refractivity contribution is 7.92. The minimum atomic E-state index is -3.46. The molecule has 8 nitrogen and oxygen atoms in total. The first-order valence-electron chi connectivity index (χ1n) is 11.0. The minimum Gasteiger partial charge on any atom is -0.315 e. The molecule has 3 amide bonds. The van der Waals surface area contributed by atoms with Gasteiger partial charge in [-0.15, -0.1) is 0 Å². The van der Waals surface area contributed by atoms with E-state index in [4.69, 9.17) is 0 Å². The molecule has 3 aromatic carbocycles. The second kappa shape index (κ2) is 9.34. The number of amides is 3. The zero-order valence-electron chi connectivity index (χ0n) is 19.3. The molecule has 1 heterocycles. The molecule has 0 saturated carbocycles. The number of nitrogens with one attached hydrogen (secondary N) is 1. The lowest BCUT2D eigenvalue weighted by Gasteiger charge is -2.28. The Labute approximate surface area is 204 Å². The molecule has 1 saturated heterocycles. The third kappa shape index (κ3) is 4.42. The van der Waals surface area contributed by atoms with Gasteiger partial charge in [0.15, 0.2) is 11.3 Å². The van der Waals surface area contributed by atoms with E-state index in [2.05, 4.69) is 5.32 Å². The van der Waals surface area contributed by atoms with Crippen molar-refractivity contribution in [2.75, 3.05) is 23.7 Å². The summed E-state index contributed by atoms with van der Waals surface area (Å²) in [6, 6.07) is 23.2. The fourth-order valence-corrected chi connectivity index (χ4v) is 5.28. The van der Waals surface area contributed by atoms with Crippen molar-refractivity contribution in [3.8, 4) is 0 Å². The fraction of sp³-hybridized carbons (Fsp3) is 0.192. The summed E-state index contributed by atoms with van der Waals surface area (Å²) in [5, 5.41) is 2.82. The third-order valence-corrected chi connectivity index (χ3v) is 7.26. The highest BCUT2D eigenvalue weighted by Crippen LogP contribution is 2.36. The van der Waals surface area contributed by atoms with E-state index in [0.717, 1.165) is 11.2 Å². The van der Waals surface area contributed by atoms with Crippen LogP contribution in [-0.2, 0) is 20.4 Å². The number of rotatable bonds is 8. The predicted molar refractivity (Wildman–Crippen MR) is 133 cm³/mol. The van der Waals surface area contributed by atoms with Crippen LogP contribution in [0.3, 0.4) is 0 Å². The molecule has 0 aromatic heterocycles. The van der Waals surface area contributed by atoms with Crippen LogP contribution in [0, 0.1) is 0 Å². The number of nitrogens with zero attached hydrogens (tertiary/aromatic N) is 2. The standard InChI is InChI=1S/C26H25N3O5S/c1-3-29(35(2,33)34)22-16-14-19(15-17-22)23(30)18-28-24(31)26(27-25(28)32,20-10-6-4-7-11-20)21-12-8-5-9-13-21/h4-17H,3,18H2,1-2H3,(H,27,32). The summed E-state index contributed by atoms with van der Waals surface area (Å²) < 4.78 is 25.1. The van der Waals surface area contributed by atoms with Gasteiger partial charge in [0.25, 0.3) is 5.91 Å². The van der Waals surface area contributed by atoms with Gasteiger partial charge in [0.1, 0.15) is 0 Å². The van der Waals surface area contributed by atoms with E-state index in [1.807, 2.05) is 12.1 Å². The lowest BCUT2D eigenvalue weighted by molar-refractivity contribution is -0.129. The Hall–Kier alpha value is -3.98. The lowest BCUT2D eigenvalue weighted by atomic mass is 9.82. The Kier molecular flexibility index (Phi) is 6.45. The van der Waals surface area contributed by atoms with Crippen molar-refractivity contribution in [3.05, 3.63) is 102 Å². The molecular formula is C26H25N3O5S. The molecule has 0 radical (unpaired) electrons. The number of benzene rings is 3. The molecule has 1 N–H and O–H groups in total. The van der Waals surface area contributed by atoms with Gasteiger partial charge in [-0.1, -0.05) is 60.7 Å². The van der Waals surface area contributed by atoms with Gasteiger partial charge in [-0.25, -0.2) is 13.2 Å². The monoisotopic (exact) mass is 491 g/mol. The average molecular weight is 492 g/mol. The minimum absolute atomic E-state index is 0.246. The molecule has 1 aliphatic rings. The van der Waals surface area contributed by atoms with Crippen molar-refractivity contribution in [3.63, 3.8) is 0 Å². The topological polar surface area (TPSA) is 104 Å². The summed E-state index contributed by atoms with van der Waals surface area (Å²) in [5.41, 5.74) is 0.416. The summed E-state index contributed by atoms with van der Waals surface area (Å²) >= 11 is 0. The number of ketones is 1. The van der Waals surface area contributed by atoms with Gasteiger partial charge >= 0.3 is 6.03 Å². The second-order valence-electron chi connectivity index (χ2n) is 8.20. The molecular weight excluding hydrogens is 466 g/mol. The number of Topliss-reactive ketones (excluding diaryl/α,β-unsaturated/α-hetero) is 1. The molecule has 180 valence electrons. The third-order valence-electron chi connectivity index (χ3n) is 5.99. The van der Waals surface area contributed by atoms with Crippen LogP contribution in [0.15, 0.2) is 84.9 Å². The normalized spacial score (nSPS) is 15.1. The van der Waals surface area contributed by atoms with Gasteiger partial charge in [-0.3, -0.25) is 18.8 Å². The SMILES string of the molecule is CCN(c1ccc(C(=O)CN2C(=O)NC(c3ccccc3)(c3ccccc3)C2=O)cc1)S(C)(=O)=O. The first-order chi connectivity index (χ1) is 16.7. The van der Waals surface area contributed by atoms with Crippen molar-refractivity contribution < 1.29 is 22.8 Å². The quantitative estimate of drug-likeness (QED) is 0.385. The van der Waals surface area contributed by atoms with Crippen LogP contribution >= 0.6 is 0 Å². The van der Waals surface area contributed by atoms with Gasteiger partial charge in [0, 0.05) is 12.1 Å². The van der Waals surface area contributed by atoms with Crippen molar-refractivity contribution in [1.82, 2.24) is 10.2 Å². The predicted octanol–water partition coefficient (Wildman–Crippen LogP) is 3.15. The van der Waals surface area contributed by atoms with Crippen LogP contribution < -0.4 is 9.62 Å². The van der Waals surface area contributed by atoms with Crippen LogP contribution in [0.5, 0.6) is 0 Å². The number of sulfonamides is 1. The zero-order valence-corrected chi connectivity index (χ0v) is 20.2. The molecule has 35 heavy (non-hydrogen) atoms. The molecule has 0 bridgehead atoms. The Balaban J connectivity index is 1.63. The van der Waals surface area contributed by atoms with E-state index in [1.165, 1.54) is 28.6 Å². The number of hydrogen-bond donors (Lipinski definition) is 1. The molecule has 4 rings (SSSR count). The number of anilines is 1. The van der Waals surface area contributed by atoms with E-state index < -0.39 is 39.8 Å². The highest BCUT2D eigenvalue weighted by Gasteiger charge is 2.54. The second-order valence-corrected chi connectivity index (χ2v) is 10.1. The van der Waals surface area contributed by atoms with Gasteiger partial charge in [-0.05, 0) is 42.3 Å². The Morgan fingerprint density at radius 1 is 0.886 bits per heavy atom. The van der Waals surface area contributed by atoms with Crippen LogP contribution in [0.25, 0.3) is 0 Å². The zero-order chi connectivity index (χ0) is 25.2. The van der Waals surface area contributed by atoms with Crippen molar-refractivity contribution in [2.45, 2.75) is 12.5 Å². The van der Waals surface area contributed by atoms with E-state index in [1.54, 1.807) is 55.5 Å². The summed E-state index contributed by atoms with van der Waals surface area (Å²) in [7, 11) is -3.46. The first-order valence-corrected chi connectivity index (χ1v) is 12.9. The first kappa shape index (κ1) is 24.2. The smallest absolute Gasteiger partial charge is 0.315 e. The van der Waals surface area contributed by atoms with Crippen LogP contribution in [0.1, 0.15) is 28.4 Å². The largest absolute Gasteiger partial charge is 0.325 e. The van der Waals surface area contributed by atoms with Crippen molar-refractivity contribution in [2.24, 2.45) is 0 Å². The summed E-state index contributed by atoms with van der Waals surface area (Å²) in [6.45, 7) is 1.51. The lowest BCUT2D eigenvalue weighted by Crippen LogP contribution is -2.45. The van der Waals surface area contributed by atoms with Crippen molar-refractivity contribution >= 4 is 33.4 Å². The molecule has 1 fully saturated rings. The molecule has 0 atom stereocenters. The number of hydrogen-bond acceptors (Lipinski definition) is 5. The van der Waals surface area contributed by atoms with E-state index >= 15 is 0 Å². The van der Waals surface area contributed by atoms with Crippen LogP contribution in [-0.4, -0.2) is 50.4 Å². The Morgan fingerprint density at radius 2 is 1.40 bits per heavy atom. The number of urea groups is 1. The van der Waals surface area contributed by atoms with Gasteiger partial charge in [0.2, 0.25) is 10.0 Å². The van der Waals surface area contributed by atoms with Crippen LogP contribution in [0.4, 0.5) is 10.5 Å². The molecule has 0 aliphatic carbocycles. The van der Waals surface area contributed by atoms with Crippen molar-refractivity contribution in [1.29, 1.82) is 0 Å². The average Bonchev–Trinajstić information content (AvgIpc) is 3.11. The fourth-order valence-electron chi connectivity index (χ4n) is 4.31. The number of carbonyl (C=O) groups excluding carboxylic acids is 3. The Morgan fingerprint density at radius 3 is 1.86 bits per heavy atom. The van der Waals surface area contributed by atoms with E-state index in [9.17, 15) is 22.8 Å².